The first-order chi connectivity index (χ1) is 9.65. The number of hydrogen-bond donors (Lipinski definition) is 1. The highest BCUT2D eigenvalue weighted by Gasteiger charge is 2.18. The lowest BCUT2D eigenvalue weighted by molar-refractivity contribution is 0.297. The Balaban J connectivity index is 1.94. The average molecular weight is 330 g/mol. The van der Waals surface area contributed by atoms with Crippen molar-refractivity contribution in [2.75, 3.05) is 13.2 Å². The van der Waals surface area contributed by atoms with Crippen LogP contribution in [0, 0.1) is 0 Å². The minimum absolute atomic E-state index is 0.330. The van der Waals surface area contributed by atoms with Crippen molar-refractivity contribution < 1.29 is 9.47 Å². The highest BCUT2D eigenvalue weighted by molar-refractivity contribution is 7.20. The Bertz CT molecular complexity index is 630. The fourth-order valence-corrected chi connectivity index (χ4v) is 3.67. The molecule has 0 fully saturated rings. The van der Waals surface area contributed by atoms with Crippen LogP contribution in [0.1, 0.15) is 23.6 Å². The third-order valence-electron chi connectivity index (χ3n) is 3.15. The third-order valence-corrected chi connectivity index (χ3v) is 4.67. The lowest BCUT2D eigenvalue weighted by Gasteiger charge is -2.14. The van der Waals surface area contributed by atoms with Gasteiger partial charge in [-0.3, -0.25) is 0 Å². The molecule has 2 N–H and O–H groups in total. The van der Waals surface area contributed by atoms with Crippen molar-refractivity contribution in [3.05, 3.63) is 44.1 Å². The van der Waals surface area contributed by atoms with Gasteiger partial charge in [-0.15, -0.1) is 11.3 Å². The van der Waals surface area contributed by atoms with Crippen molar-refractivity contribution in [1.82, 2.24) is 0 Å². The molecule has 1 unspecified atom stereocenters. The zero-order valence-electron chi connectivity index (χ0n) is 10.6. The van der Waals surface area contributed by atoms with Crippen molar-refractivity contribution >= 4 is 34.5 Å². The topological polar surface area (TPSA) is 44.5 Å². The monoisotopic (exact) mass is 329 g/mol. The van der Waals surface area contributed by atoms with Crippen LogP contribution in [0.4, 0.5) is 0 Å². The van der Waals surface area contributed by atoms with E-state index in [-0.39, 0.29) is 6.04 Å². The van der Waals surface area contributed by atoms with E-state index in [4.69, 9.17) is 38.4 Å². The maximum absolute atomic E-state index is 6.27. The van der Waals surface area contributed by atoms with Gasteiger partial charge in [-0.05, 0) is 23.8 Å². The van der Waals surface area contributed by atoms with Gasteiger partial charge in [-0.25, -0.2) is 0 Å². The average Bonchev–Trinajstić information content (AvgIpc) is 2.65. The van der Waals surface area contributed by atoms with Gasteiger partial charge in [0, 0.05) is 12.0 Å². The lowest BCUT2D eigenvalue weighted by atomic mass is 10.0. The van der Waals surface area contributed by atoms with Gasteiger partial charge in [0.1, 0.15) is 0 Å². The Labute approximate surface area is 131 Å². The van der Waals surface area contributed by atoms with Crippen LogP contribution in [-0.2, 0) is 0 Å². The van der Waals surface area contributed by atoms with Crippen LogP contribution in [0.3, 0.4) is 0 Å². The standard InChI is InChI=1S/C14H13Cl2NO2S/c15-12-7-9(14(16)20-12)13(17)8-2-3-10-11(6-8)19-5-1-4-18-10/h2-3,6-7,13H,1,4-5,17H2. The molecule has 2 heterocycles. The minimum atomic E-state index is -0.330. The fourth-order valence-electron chi connectivity index (χ4n) is 2.12. The largest absolute Gasteiger partial charge is 0.490 e. The molecule has 6 heteroatoms. The molecule has 1 aromatic heterocycles. The quantitative estimate of drug-likeness (QED) is 0.895. The van der Waals surface area contributed by atoms with E-state index in [0.717, 1.165) is 29.0 Å². The van der Waals surface area contributed by atoms with Crippen LogP contribution in [0.2, 0.25) is 8.67 Å². The predicted octanol–water partition coefficient (Wildman–Crippen LogP) is 4.26. The molecule has 0 aliphatic carbocycles. The predicted molar refractivity (Wildman–Crippen MR) is 82.4 cm³/mol. The fraction of sp³-hybridized carbons (Fsp3) is 0.286. The maximum atomic E-state index is 6.27. The van der Waals surface area contributed by atoms with Crippen molar-refractivity contribution in [2.45, 2.75) is 12.5 Å². The molecule has 3 nitrogen and oxygen atoms in total. The Hall–Kier alpha value is -0.940. The van der Waals surface area contributed by atoms with E-state index in [0.29, 0.717) is 21.9 Å². The number of thiophene rings is 1. The second-order valence-electron chi connectivity index (χ2n) is 4.51. The molecule has 2 aromatic rings. The van der Waals surface area contributed by atoms with Gasteiger partial charge in [0.05, 0.1) is 27.9 Å². The summed E-state index contributed by atoms with van der Waals surface area (Å²) < 4.78 is 12.5. The maximum Gasteiger partial charge on any atom is 0.161 e. The highest BCUT2D eigenvalue weighted by Crippen LogP contribution is 2.38. The molecule has 106 valence electrons. The van der Waals surface area contributed by atoms with E-state index in [2.05, 4.69) is 0 Å². The van der Waals surface area contributed by atoms with Gasteiger partial charge >= 0.3 is 0 Å². The summed E-state index contributed by atoms with van der Waals surface area (Å²) in [5.74, 6) is 1.49. The zero-order valence-corrected chi connectivity index (χ0v) is 12.9. The molecule has 1 aliphatic heterocycles. The van der Waals surface area contributed by atoms with Gasteiger partial charge < -0.3 is 15.2 Å². The molecule has 1 aromatic carbocycles. The molecule has 0 bridgehead atoms. The van der Waals surface area contributed by atoms with Crippen LogP contribution in [0.25, 0.3) is 0 Å². The molecule has 20 heavy (non-hydrogen) atoms. The highest BCUT2D eigenvalue weighted by atomic mass is 35.5. The summed E-state index contributed by atoms with van der Waals surface area (Å²) in [5.41, 5.74) is 8.02. The van der Waals surface area contributed by atoms with Crippen LogP contribution >= 0.6 is 34.5 Å². The molecule has 0 saturated heterocycles. The van der Waals surface area contributed by atoms with Gasteiger partial charge in [0.2, 0.25) is 0 Å². The first-order valence-electron chi connectivity index (χ1n) is 6.25. The number of rotatable bonds is 2. The normalized spacial score (nSPS) is 15.8. The SMILES string of the molecule is NC(c1ccc2c(c1)OCCCO2)c1cc(Cl)sc1Cl. The summed E-state index contributed by atoms with van der Waals surface area (Å²) in [6, 6.07) is 7.20. The Morgan fingerprint density at radius 1 is 1.10 bits per heavy atom. The summed E-state index contributed by atoms with van der Waals surface area (Å²) in [6.07, 6.45) is 0.877. The molecular formula is C14H13Cl2NO2S. The minimum Gasteiger partial charge on any atom is -0.490 e. The van der Waals surface area contributed by atoms with Gasteiger partial charge in [-0.1, -0.05) is 29.3 Å². The van der Waals surface area contributed by atoms with E-state index in [9.17, 15) is 0 Å². The van der Waals surface area contributed by atoms with Crippen molar-refractivity contribution in [3.63, 3.8) is 0 Å². The molecule has 1 aliphatic rings. The Morgan fingerprint density at radius 3 is 2.55 bits per heavy atom. The summed E-state index contributed by atoms with van der Waals surface area (Å²) in [4.78, 5) is 0. The number of nitrogens with two attached hydrogens (primary N) is 1. The smallest absolute Gasteiger partial charge is 0.161 e. The van der Waals surface area contributed by atoms with Crippen LogP contribution in [0.15, 0.2) is 24.3 Å². The van der Waals surface area contributed by atoms with E-state index in [1.165, 1.54) is 11.3 Å². The molecule has 1 atom stereocenters. The second-order valence-corrected chi connectivity index (χ2v) is 6.80. The summed E-state index contributed by atoms with van der Waals surface area (Å²) >= 11 is 13.4. The molecular weight excluding hydrogens is 317 g/mol. The first kappa shape index (κ1) is 14.0. The van der Waals surface area contributed by atoms with E-state index in [1.807, 2.05) is 24.3 Å². The van der Waals surface area contributed by atoms with Crippen LogP contribution in [-0.4, -0.2) is 13.2 Å². The van der Waals surface area contributed by atoms with Gasteiger partial charge in [0.25, 0.3) is 0 Å². The Kier molecular flexibility index (Phi) is 4.08. The third kappa shape index (κ3) is 2.74. The second kappa shape index (κ2) is 5.82. The summed E-state index contributed by atoms with van der Waals surface area (Å²) in [5, 5.41) is 0. The number of benzene rings is 1. The molecule has 3 rings (SSSR count). The first-order valence-corrected chi connectivity index (χ1v) is 7.82. The summed E-state index contributed by atoms with van der Waals surface area (Å²) in [7, 11) is 0. The molecule has 0 spiro atoms. The molecule has 0 saturated carbocycles. The molecule has 0 radical (unpaired) electrons. The lowest BCUT2D eigenvalue weighted by Crippen LogP contribution is -2.11. The van der Waals surface area contributed by atoms with Crippen LogP contribution in [0.5, 0.6) is 11.5 Å². The Morgan fingerprint density at radius 2 is 1.85 bits per heavy atom. The number of hydrogen-bond acceptors (Lipinski definition) is 4. The van der Waals surface area contributed by atoms with Crippen LogP contribution < -0.4 is 15.2 Å². The van der Waals surface area contributed by atoms with Gasteiger partial charge in [0.15, 0.2) is 11.5 Å². The number of ether oxygens (including phenoxy) is 2. The van der Waals surface area contributed by atoms with E-state index < -0.39 is 0 Å². The molecule has 0 amide bonds. The number of fused-ring (bicyclic) bond motifs is 1. The van der Waals surface area contributed by atoms with Crippen molar-refractivity contribution in [2.24, 2.45) is 5.73 Å². The van der Waals surface area contributed by atoms with Crippen molar-refractivity contribution in [1.29, 1.82) is 0 Å². The van der Waals surface area contributed by atoms with E-state index >= 15 is 0 Å². The summed E-state index contributed by atoms with van der Waals surface area (Å²) in [6.45, 7) is 1.32. The van der Waals surface area contributed by atoms with Crippen molar-refractivity contribution in [3.8, 4) is 11.5 Å². The van der Waals surface area contributed by atoms with Gasteiger partial charge in [-0.2, -0.15) is 0 Å². The number of halogens is 2. The zero-order chi connectivity index (χ0) is 14.1. The van der Waals surface area contributed by atoms with E-state index in [1.54, 1.807) is 0 Å².